The number of nitro groups is 1. The quantitative estimate of drug-likeness (QED) is 0.296. The van der Waals surface area contributed by atoms with E-state index in [0.717, 1.165) is 5.69 Å². The second kappa shape index (κ2) is 10.4. The van der Waals surface area contributed by atoms with E-state index in [1.807, 2.05) is 31.1 Å². The predicted molar refractivity (Wildman–Crippen MR) is 118 cm³/mol. The third kappa shape index (κ3) is 5.50. The average molecular weight is 437 g/mol. The first-order chi connectivity index (χ1) is 14.3. The molecule has 0 aliphatic heterocycles. The lowest BCUT2D eigenvalue weighted by atomic mass is 10.2. The summed E-state index contributed by atoms with van der Waals surface area (Å²) in [5.41, 5.74) is 1.55. The van der Waals surface area contributed by atoms with Gasteiger partial charge in [-0.15, -0.1) is 0 Å². The molecule has 0 aromatic heterocycles. The molecule has 0 aliphatic rings. The Balaban J connectivity index is 2.56. The van der Waals surface area contributed by atoms with Crippen molar-refractivity contribution in [3.63, 3.8) is 0 Å². The fourth-order valence-electron chi connectivity index (χ4n) is 2.90. The summed E-state index contributed by atoms with van der Waals surface area (Å²) < 4.78 is 29.8. The number of nitrogens with zero attached hydrogens (tertiary/aromatic N) is 2. The Hall–Kier alpha value is -2.61. The summed E-state index contributed by atoms with van der Waals surface area (Å²) in [7, 11) is 1.55. The molecule has 0 spiro atoms. The zero-order valence-corrected chi connectivity index (χ0v) is 18.7. The molecule has 0 aliphatic carbocycles. The molecule has 0 saturated heterocycles. The highest BCUT2D eigenvalue weighted by Crippen LogP contribution is 2.61. The summed E-state index contributed by atoms with van der Waals surface area (Å²) in [4.78, 5) is 13.0. The van der Waals surface area contributed by atoms with Crippen LogP contribution in [0.15, 0.2) is 42.5 Å². The van der Waals surface area contributed by atoms with Crippen molar-refractivity contribution in [2.45, 2.75) is 19.6 Å². The van der Waals surface area contributed by atoms with Crippen LogP contribution >= 0.6 is 7.60 Å². The normalized spacial score (nSPS) is 12.3. The van der Waals surface area contributed by atoms with Crippen LogP contribution < -0.4 is 15.0 Å². The van der Waals surface area contributed by atoms with Gasteiger partial charge in [0, 0.05) is 19.8 Å². The van der Waals surface area contributed by atoms with Gasteiger partial charge in [0.2, 0.25) is 0 Å². The zero-order valence-electron chi connectivity index (χ0n) is 17.8. The minimum atomic E-state index is -3.70. The number of hydrogen-bond donors (Lipinski definition) is 1. The highest BCUT2D eigenvalue weighted by Gasteiger charge is 2.38. The zero-order chi connectivity index (χ0) is 22.3. The molecule has 0 heterocycles. The van der Waals surface area contributed by atoms with Crippen molar-refractivity contribution < 1.29 is 23.3 Å². The number of anilines is 2. The van der Waals surface area contributed by atoms with Gasteiger partial charge in [0.05, 0.1) is 31.3 Å². The number of nitro benzene ring substituents is 1. The molecule has 164 valence electrons. The Bertz CT molecular complexity index is 894. The van der Waals surface area contributed by atoms with E-state index in [9.17, 15) is 14.7 Å². The lowest BCUT2D eigenvalue weighted by Crippen LogP contribution is -2.16. The van der Waals surface area contributed by atoms with Crippen LogP contribution in [0.3, 0.4) is 0 Å². The molecule has 0 radical (unpaired) electrons. The molecule has 0 fully saturated rings. The average Bonchev–Trinajstić information content (AvgIpc) is 2.72. The Morgan fingerprint density at radius 2 is 1.70 bits per heavy atom. The lowest BCUT2D eigenvalue weighted by Gasteiger charge is -2.28. The van der Waals surface area contributed by atoms with Crippen LogP contribution in [0.25, 0.3) is 0 Å². The molecule has 2 aromatic carbocycles. The molecule has 10 heteroatoms. The van der Waals surface area contributed by atoms with E-state index < -0.39 is 18.3 Å². The molecule has 30 heavy (non-hydrogen) atoms. The molecule has 0 bridgehead atoms. The van der Waals surface area contributed by atoms with Gasteiger partial charge >= 0.3 is 7.60 Å². The van der Waals surface area contributed by atoms with Crippen LogP contribution in [-0.4, -0.2) is 39.3 Å². The van der Waals surface area contributed by atoms with Gasteiger partial charge in [-0.25, -0.2) is 0 Å². The maximum absolute atomic E-state index is 13.6. The van der Waals surface area contributed by atoms with Crippen molar-refractivity contribution in [3.05, 3.63) is 58.1 Å². The number of ether oxygens (including phenoxy) is 1. The Kier molecular flexibility index (Phi) is 8.23. The Morgan fingerprint density at radius 3 is 2.17 bits per heavy atom. The van der Waals surface area contributed by atoms with Gasteiger partial charge in [-0.05, 0) is 43.7 Å². The van der Waals surface area contributed by atoms with Gasteiger partial charge in [-0.3, -0.25) is 14.7 Å². The van der Waals surface area contributed by atoms with E-state index in [-0.39, 0.29) is 24.6 Å². The van der Waals surface area contributed by atoms with Crippen LogP contribution in [0.4, 0.5) is 17.1 Å². The molecular formula is C20H28N3O6P. The second-order valence-electron chi connectivity index (χ2n) is 6.55. The van der Waals surface area contributed by atoms with Crippen molar-refractivity contribution in [1.82, 2.24) is 0 Å². The molecular weight excluding hydrogens is 409 g/mol. The number of nitrogens with one attached hydrogen (secondary N) is 1. The minimum Gasteiger partial charge on any atom is -0.496 e. The van der Waals surface area contributed by atoms with Crippen LogP contribution in [0, 0.1) is 10.1 Å². The smallest absolute Gasteiger partial charge is 0.357 e. The number of rotatable bonds is 11. The van der Waals surface area contributed by atoms with Gasteiger partial charge in [0.1, 0.15) is 11.4 Å². The molecule has 2 aromatic rings. The molecule has 0 amide bonds. The summed E-state index contributed by atoms with van der Waals surface area (Å²) in [5, 5.41) is 14.6. The van der Waals surface area contributed by atoms with Crippen molar-refractivity contribution in [2.24, 2.45) is 0 Å². The number of benzene rings is 2. The SMILES string of the molecule is CCOP(=O)(OCC)C(Nc1ccc(OC)cc1[N+](=O)[O-])c1ccc(N(C)C)cc1. The van der Waals surface area contributed by atoms with Crippen LogP contribution in [0.5, 0.6) is 5.75 Å². The third-order valence-corrected chi connectivity index (χ3v) is 6.65. The number of hydrogen-bond acceptors (Lipinski definition) is 8. The first-order valence-electron chi connectivity index (χ1n) is 9.50. The highest BCUT2D eigenvalue weighted by molar-refractivity contribution is 7.54. The monoisotopic (exact) mass is 437 g/mol. The fraction of sp³-hybridized carbons (Fsp3) is 0.400. The van der Waals surface area contributed by atoms with Gasteiger partial charge in [0.25, 0.3) is 5.69 Å². The Morgan fingerprint density at radius 1 is 1.10 bits per heavy atom. The second-order valence-corrected chi connectivity index (χ2v) is 8.66. The van der Waals surface area contributed by atoms with Gasteiger partial charge in [0.15, 0.2) is 5.78 Å². The first kappa shape index (κ1) is 23.7. The molecule has 2 rings (SSSR count). The van der Waals surface area contributed by atoms with Gasteiger partial charge in [-0.1, -0.05) is 12.1 Å². The standard InChI is InChI=1S/C20H28N3O6P/c1-6-28-30(26,29-7-2)20(15-8-10-16(11-9-15)22(3)4)21-18-13-12-17(27-5)14-19(18)23(24)25/h8-14,20-21H,6-7H2,1-5H3. The van der Waals surface area contributed by atoms with E-state index in [2.05, 4.69) is 5.32 Å². The van der Waals surface area contributed by atoms with Crippen LogP contribution in [-0.2, 0) is 13.6 Å². The van der Waals surface area contributed by atoms with Crippen LogP contribution in [0.1, 0.15) is 25.2 Å². The van der Waals surface area contributed by atoms with Crippen molar-refractivity contribution in [2.75, 3.05) is 44.6 Å². The molecule has 0 saturated carbocycles. The summed E-state index contributed by atoms with van der Waals surface area (Å²) in [6, 6.07) is 11.7. The Labute approximate surface area is 176 Å². The number of methoxy groups -OCH3 is 1. The summed E-state index contributed by atoms with van der Waals surface area (Å²) in [5.74, 6) is -0.599. The molecule has 9 nitrogen and oxygen atoms in total. The maximum atomic E-state index is 13.6. The molecule has 1 N–H and O–H groups in total. The topological polar surface area (TPSA) is 103 Å². The van der Waals surface area contributed by atoms with Gasteiger partial charge < -0.3 is 24.0 Å². The summed E-state index contributed by atoms with van der Waals surface area (Å²) >= 11 is 0. The van der Waals surface area contributed by atoms with Crippen molar-refractivity contribution >= 4 is 24.7 Å². The highest BCUT2D eigenvalue weighted by atomic mass is 31.2. The third-order valence-electron chi connectivity index (χ3n) is 4.35. The van der Waals surface area contributed by atoms with Crippen molar-refractivity contribution in [1.29, 1.82) is 0 Å². The lowest BCUT2D eigenvalue weighted by molar-refractivity contribution is -0.384. The van der Waals surface area contributed by atoms with E-state index >= 15 is 0 Å². The van der Waals surface area contributed by atoms with E-state index in [1.54, 1.807) is 32.0 Å². The van der Waals surface area contributed by atoms with E-state index in [0.29, 0.717) is 11.3 Å². The maximum Gasteiger partial charge on any atom is 0.357 e. The minimum absolute atomic E-state index is 0.163. The molecule has 1 unspecified atom stereocenters. The van der Waals surface area contributed by atoms with E-state index in [4.69, 9.17) is 13.8 Å². The predicted octanol–water partition coefficient (Wildman–Crippen LogP) is 5.05. The summed E-state index contributed by atoms with van der Waals surface area (Å²) in [6.45, 7) is 3.76. The first-order valence-corrected chi connectivity index (χ1v) is 11.1. The largest absolute Gasteiger partial charge is 0.496 e. The fourth-order valence-corrected chi connectivity index (χ4v) is 4.83. The summed E-state index contributed by atoms with van der Waals surface area (Å²) in [6.07, 6.45) is 0. The van der Waals surface area contributed by atoms with Crippen molar-refractivity contribution in [3.8, 4) is 5.75 Å². The molecule has 1 atom stereocenters. The van der Waals surface area contributed by atoms with Crippen LogP contribution in [0.2, 0.25) is 0 Å². The van der Waals surface area contributed by atoms with Gasteiger partial charge in [-0.2, -0.15) is 0 Å². The van der Waals surface area contributed by atoms with E-state index in [1.165, 1.54) is 19.2 Å².